The van der Waals surface area contributed by atoms with Crippen LogP contribution in [0.25, 0.3) is 0 Å². The van der Waals surface area contributed by atoms with Crippen LogP contribution in [0.1, 0.15) is 25.3 Å². The summed E-state index contributed by atoms with van der Waals surface area (Å²) in [6.45, 7) is 5.62. The van der Waals surface area contributed by atoms with Crippen molar-refractivity contribution in [3.63, 3.8) is 0 Å². The van der Waals surface area contributed by atoms with E-state index in [4.69, 9.17) is 4.74 Å². The number of aliphatic hydroxyl groups is 1. The van der Waals surface area contributed by atoms with Gasteiger partial charge in [0.2, 0.25) is 0 Å². The normalized spacial score (nSPS) is 25.0. The molecule has 16 heavy (non-hydrogen) atoms. The minimum Gasteiger partial charge on any atom is -0.486 e. The van der Waals surface area contributed by atoms with Crippen LogP contribution in [0.3, 0.4) is 0 Å². The highest BCUT2D eigenvalue weighted by atomic mass is 16.5. The van der Waals surface area contributed by atoms with Gasteiger partial charge >= 0.3 is 0 Å². The average Bonchev–Trinajstić information content (AvgIpc) is 2.65. The lowest BCUT2D eigenvalue weighted by atomic mass is 10.0. The molecule has 1 aliphatic heterocycles. The van der Waals surface area contributed by atoms with Gasteiger partial charge in [-0.3, -0.25) is 0 Å². The van der Waals surface area contributed by atoms with Crippen LogP contribution in [0.2, 0.25) is 0 Å². The van der Waals surface area contributed by atoms with Crippen LogP contribution in [-0.4, -0.2) is 30.4 Å². The van der Waals surface area contributed by atoms with Crippen LogP contribution >= 0.6 is 0 Å². The van der Waals surface area contributed by atoms with E-state index in [2.05, 4.69) is 25.2 Å². The van der Waals surface area contributed by atoms with E-state index < -0.39 is 6.10 Å². The van der Waals surface area contributed by atoms with Crippen LogP contribution in [-0.2, 0) is 0 Å². The van der Waals surface area contributed by atoms with Gasteiger partial charge in [0.25, 0.3) is 0 Å². The molecular formula is C13H19NO2. The summed E-state index contributed by atoms with van der Waals surface area (Å²) in [6.07, 6.45) is -0.528. The molecule has 1 saturated heterocycles. The molecule has 88 valence electrons. The summed E-state index contributed by atoms with van der Waals surface area (Å²) < 4.78 is 5.87. The summed E-state index contributed by atoms with van der Waals surface area (Å²) in [6, 6.07) is 8.04. The first-order valence-corrected chi connectivity index (χ1v) is 5.83. The third-order valence-corrected chi connectivity index (χ3v) is 2.95. The fourth-order valence-corrected chi connectivity index (χ4v) is 1.99. The number of ether oxygens (including phenoxy) is 1. The summed E-state index contributed by atoms with van der Waals surface area (Å²) in [5.41, 5.74) is 1.20. The Balaban J connectivity index is 2.14. The zero-order chi connectivity index (χ0) is 11.5. The highest BCUT2D eigenvalue weighted by molar-refractivity contribution is 5.35. The Hall–Kier alpha value is -1.06. The van der Waals surface area contributed by atoms with Crippen molar-refractivity contribution in [2.45, 2.75) is 32.0 Å². The highest BCUT2D eigenvalue weighted by Crippen LogP contribution is 2.27. The van der Waals surface area contributed by atoms with Gasteiger partial charge in [-0.2, -0.15) is 0 Å². The van der Waals surface area contributed by atoms with Gasteiger partial charge in [-0.15, -0.1) is 0 Å². The first-order chi connectivity index (χ1) is 7.68. The molecule has 1 fully saturated rings. The smallest absolute Gasteiger partial charge is 0.138 e. The maximum Gasteiger partial charge on any atom is 0.138 e. The molecule has 0 saturated carbocycles. The predicted molar refractivity (Wildman–Crippen MR) is 63.8 cm³/mol. The van der Waals surface area contributed by atoms with Gasteiger partial charge in [0.05, 0.1) is 0 Å². The van der Waals surface area contributed by atoms with E-state index in [-0.39, 0.29) is 6.10 Å². The zero-order valence-corrected chi connectivity index (χ0v) is 9.81. The average molecular weight is 221 g/mol. The Morgan fingerprint density at radius 2 is 2.06 bits per heavy atom. The second kappa shape index (κ2) is 4.85. The molecule has 3 nitrogen and oxygen atoms in total. The molecule has 2 atom stereocenters. The Bertz CT molecular complexity index is 352. The van der Waals surface area contributed by atoms with E-state index in [1.807, 2.05) is 18.2 Å². The van der Waals surface area contributed by atoms with E-state index in [1.54, 1.807) is 0 Å². The molecule has 2 N–H and O–H groups in total. The Kier molecular flexibility index (Phi) is 3.46. The molecule has 1 aliphatic rings. The van der Waals surface area contributed by atoms with Crippen molar-refractivity contribution in [1.29, 1.82) is 0 Å². The van der Waals surface area contributed by atoms with Gasteiger partial charge in [-0.05, 0) is 17.5 Å². The first-order valence-electron chi connectivity index (χ1n) is 5.83. The number of nitrogens with one attached hydrogen (secondary N) is 1. The van der Waals surface area contributed by atoms with Crippen molar-refractivity contribution in [2.24, 2.45) is 0 Å². The number of rotatable bonds is 3. The van der Waals surface area contributed by atoms with Crippen molar-refractivity contribution in [3.05, 3.63) is 29.8 Å². The van der Waals surface area contributed by atoms with Crippen LogP contribution in [0, 0.1) is 0 Å². The number of hydrogen-bond acceptors (Lipinski definition) is 3. The van der Waals surface area contributed by atoms with Crippen LogP contribution in [0.5, 0.6) is 5.75 Å². The quantitative estimate of drug-likeness (QED) is 0.813. The minimum absolute atomic E-state index is 0.125. The van der Waals surface area contributed by atoms with Gasteiger partial charge in [-0.25, -0.2) is 0 Å². The molecule has 0 bridgehead atoms. The molecule has 1 aromatic carbocycles. The van der Waals surface area contributed by atoms with Gasteiger partial charge < -0.3 is 15.2 Å². The Labute approximate surface area is 96.4 Å². The molecule has 1 aromatic rings. The number of benzene rings is 1. The van der Waals surface area contributed by atoms with E-state index in [9.17, 15) is 5.11 Å². The van der Waals surface area contributed by atoms with Gasteiger partial charge in [0.1, 0.15) is 18.0 Å². The molecule has 0 radical (unpaired) electrons. The van der Waals surface area contributed by atoms with Crippen molar-refractivity contribution >= 4 is 0 Å². The summed E-state index contributed by atoms with van der Waals surface area (Å²) in [7, 11) is 0. The highest BCUT2D eigenvalue weighted by Gasteiger charge is 2.27. The van der Waals surface area contributed by atoms with E-state index in [0.717, 1.165) is 5.75 Å². The number of aliphatic hydroxyl groups excluding tert-OH is 1. The maximum absolute atomic E-state index is 9.69. The predicted octanol–water partition coefficient (Wildman–Crippen LogP) is 1.52. The van der Waals surface area contributed by atoms with E-state index >= 15 is 0 Å². The number of hydrogen-bond donors (Lipinski definition) is 2. The van der Waals surface area contributed by atoms with Crippen molar-refractivity contribution in [3.8, 4) is 5.75 Å². The third kappa shape index (κ3) is 2.36. The van der Waals surface area contributed by atoms with Crippen molar-refractivity contribution in [2.75, 3.05) is 13.1 Å². The lowest BCUT2D eigenvalue weighted by Crippen LogP contribution is -2.30. The Morgan fingerprint density at radius 3 is 2.69 bits per heavy atom. The standard InChI is InChI=1S/C13H19NO2/c1-9(2)10-5-3-4-6-12(10)16-13-8-14-7-11(13)15/h3-6,9,11,13-15H,7-8H2,1-2H3. The first kappa shape index (κ1) is 11.4. The van der Waals surface area contributed by atoms with Gasteiger partial charge in [0.15, 0.2) is 0 Å². The largest absolute Gasteiger partial charge is 0.486 e. The van der Waals surface area contributed by atoms with E-state index in [0.29, 0.717) is 19.0 Å². The molecule has 1 heterocycles. The number of para-hydroxylation sites is 1. The number of β-amino-alcohol motifs (C(OH)–C–C–N with tert-alkyl or cyclic N) is 1. The van der Waals surface area contributed by atoms with Crippen LogP contribution in [0.15, 0.2) is 24.3 Å². The molecule has 2 rings (SSSR count). The van der Waals surface area contributed by atoms with Crippen molar-refractivity contribution < 1.29 is 9.84 Å². The SMILES string of the molecule is CC(C)c1ccccc1OC1CNCC1O. The molecular weight excluding hydrogens is 202 g/mol. The second-order valence-electron chi connectivity index (χ2n) is 4.57. The fourth-order valence-electron chi connectivity index (χ4n) is 1.99. The van der Waals surface area contributed by atoms with Crippen LogP contribution < -0.4 is 10.1 Å². The fraction of sp³-hybridized carbons (Fsp3) is 0.538. The summed E-state index contributed by atoms with van der Waals surface area (Å²) >= 11 is 0. The lowest BCUT2D eigenvalue weighted by Gasteiger charge is -2.20. The second-order valence-corrected chi connectivity index (χ2v) is 4.57. The summed E-state index contributed by atoms with van der Waals surface area (Å²) in [4.78, 5) is 0. The summed E-state index contributed by atoms with van der Waals surface area (Å²) in [5.74, 6) is 1.33. The van der Waals surface area contributed by atoms with Gasteiger partial charge in [-0.1, -0.05) is 32.0 Å². The third-order valence-electron chi connectivity index (χ3n) is 2.95. The lowest BCUT2D eigenvalue weighted by molar-refractivity contribution is 0.0729. The monoisotopic (exact) mass is 221 g/mol. The van der Waals surface area contributed by atoms with Crippen LogP contribution in [0.4, 0.5) is 0 Å². The zero-order valence-electron chi connectivity index (χ0n) is 9.81. The topological polar surface area (TPSA) is 41.5 Å². The van der Waals surface area contributed by atoms with E-state index in [1.165, 1.54) is 5.56 Å². The van der Waals surface area contributed by atoms with Gasteiger partial charge in [0, 0.05) is 13.1 Å². The maximum atomic E-state index is 9.69. The van der Waals surface area contributed by atoms with Crippen molar-refractivity contribution in [1.82, 2.24) is 5.32 Å². The Morgan fingerprint density at radius 1 is 1.31 bits per heavy atom. The molecule has 0 spiro atoms. The summed E-state index contributed by atoms with van der Waals surface area (Å²) in [5, 5.41) is 12.8. The molecule has 0 aromatic heterocycles. The molecule has 2 unspecified atom stereocenters. The molecule has 0 aliphatic carbocycles. The minimum atomic E-state index is -0.403. The molecule has 3 heteroatoms. The molecule has 0 amide bonds.